The van der Waals surface area contributed by atoms with Gasteiger partial charge in [-0.3, -0.25) is 0 Å². The third-order valence-corrected chi connectivity index (χ3v) is 4.94. The number of hydrogen-bond acceptors (Lipinski definition) is 1. The van der Waals surface area contributed by atoms with Crippen LogP contribution in [0.2, 0.25) is 0 Å². The zero-order chi connectivity index (χ0) is 8.34. The van der Waals surface area contributed by atoms with Crippen molar-refractivity contribution < 1.29 is 0 Å². The molecule has 3 fully saturated rings. The zero-order valence-corrected chi connectivity index (χ0v) is 8.21. The second kappa shape index (κ2) is 2.06. The van der Waals surface area contributed by atoms with Gasteiger partial charge in [0.05, 0.1) is 0 Å². The average Bonchev–Trinajstić information content (AvgIpc) is 2.57. The van der Waals surface area contributed by atoms with E-state index in [0.29, 0.717) is 0 Å². The summed E-state index contributed by atoms with van der Waals surface area (Å²) < 4.78 is 0. The zero-order valence-electron chi connectivity index (χ0n) is 8.21. The molecule has 2 bridgehead atoms. The molecule has 2 saturated carbocycles. The highest BCUT2D eigenvalue weighted by atomic mass is 15.1. The van der Waals surface area contributed by atoms with E-state index in [0.717, 1.165) is 23.2 Å². The lowest BCUT2D eigenvalue weighted by Gasteiger charge is -2.34. The summed E-state index contributed by atoms with van der Waals surface area (Å²) in [4.78, 5) is 2.55. The first kappa shape index (κ1) is 7.37. The van der Waals surface area contributed by atoms with Crippen molar-refractivity contribution in [2.75, 3.05) is 20.1 Å². The van der Waals surface area contributed by atoms with Crippen molar-refractivity contribution in [2.45, 2.75) is 26.2 Å². The smallest absolute Gasteiger partial charge is 0.00383 e. The first-order valence-electron chi connectivity index (χ1n) is 5.39. The molecular weight excluding hydrogens is 146 g/mol. The van der Waals surface area contributed by atoms with Crippen LogP contribution in [0.25, 0.3) is 0 Å². The van der Waals surface area contributed by atoms with Gasteiger partial charge in [0, 0.05) is 13.1 Å². The summed E-state index contributed by atoms with van der Waals surface area (Å²) in [5.41, 5.74) is 0.720. The number of nitrogens with zero attached hydrogens (tertiary/aromatic N) is 1. The van der Waals surface area contributed by atoms with Crippen molar-refractivity contribution in [3.8, 4) is 0 Å². The van der Waals surface area contributed by atoms with E-state index >= 15 is 0 Å². The largest absolute Gasteiger partial charge is 0.305 e. The van der Waals surface area contributed by atoms with Crippen LogP contribution >= 0.6 is 0 Å². The van der Waals surface area contributed by atoms with Gasteiger partial charge in [-0.25, -0.2) is 0 Å². The van der Waals surface area contributed by atoms with Crippen LogP contribution in [0.3, 0.4) is 0 Å². The summed E-state index contributed by atoms with van der Waals surface area (Å²) in [7, 11) is 2.29. The van der Waals surface area contributed by atoms with Crippen molar-refractivity contribution in [1.82, 2.24) is 4.90 Å². The van der Waals surface area contributed by atoms with Gasteiger partial charge >= 0.3 is 0 Å². The Bertz CT molecular complexity index is 213. The van der Waals surface area contributed by atoms with E-state index < -0.39 is 0 Å². The fourth-order valence-electron chi connectivity index (χ4n) is 4.41. The molecule has 3 aliphatic rings. The van der Waals surface area contributed by atoms with Crippen LogP contribution in [-0.2, 0) is 0 Å². The Hall–Kier alpha value is -0.0400. The average molecular weight is 165 g/mol. The number of hydrogen-bond donors (Lipinski definition) is 0. The molecule has 4 unspecified atom stereocenters. The highest BCUT2D eigenvalue weighted by Gasteiger charge is 2.58. The van der Waals surface area contributed by atoms with Crippen LogP contribution in [0.15, 0.2) is 0 Å². The molecule has 1 saturated heterocycles. The van der Waals surface area contributed by atoms with Crippen LogP contribution in [0.4, 0.5) is 0 Å². The van der Waals surface area contributed by atoms with Crippen LogP contribution in [0, 0.1) is 23.2 Å². The van der Waals surface area contributed by atoms with Gasteiger partial charge in [0.1, 0.15) is 0 Å². The van der Waals surface area contributed by atoms with Crippen LogP contribution in [0.1, 0.15) is 26.2 Å². The molecule has 3 rings (SSSR count). The summed E-state index contributed by atoms with van der Waals surface area (Å²) in [6.07, 6.45) is 4.64. The molecule has 12 heavy (non-hydrogen) atoms. The van der Waals surface area contributed by atoms with Crippen molar-refractivity contribution in [1.29, 1.82) is 0 Å². The summed E-state index contributed by atoms with van der Waals surface area (Å²) >= 11 is 0. The Morgan fingerprint density at radius 2 is 2.17 bits per heavy atom. The molecule has 0 spiro atoms. The van der Waals surface area contributed by atoms with E-state index in [4.69, 9.17) is 0 Å². The maximum Gasteiger partial charge on any atom is 0.00383 e. The van der Waals surface area contributed by atoms with Gasteiger partial charge in [-0.15, -0.1) is 0 Å². The second-order valence-electron chi connectivity index (χ2n) is 5.58. The van der Waals surface area contributed by atoms with Crippen LogP contribution in [-0.4, -0.2) is 25.0 Å². The molecule has 0 aromatic rings. The molecule has 1 aliphatic heterocycles. The van der Waals surface area contributed by atoms with Gasteiger partial charge in [-0.2, -0.15) is 0 Å². The number of fused-ring (bicyclic) bond motifs is 5. The van der Waals surface area contributed by atoms with Crippen molar-refractivity contribution in [3.63, 3.8) is 0 Å². The van der Waals surface area contributed by atoms with E-state index in [1.54, 1.807) is 12.8 Å². The third kappa shape index (κ3) is 0.693. The number of likely N-dealkylation sites (tertiary alicyclic amines) is 1. The lowest BCUT2D eigenvalue weighted by atomic mass is 9.70. The molecule has 4 atom stereocenters. The molecule has 1 heteroatoms. The van der Waals surface area contributed by atoms with E-state index in [-0.39, 0.29) is 0 Å². The third-order valence-electron chi connectivity index (χ3n) is 4.94. The minimum atomic E-state index is 0.720. The fourth-order valence-corrected chi connectivity index (χ4v) is 4.41. The minimum Gasteiger partial charge on any atom is -0.305 e. The SMILES string of the molecule is CN1CC2C3CCC(C3)C2(C)C1. The molecule has 0 aromatic carbocycles. The van der Waals surface area contributed by atoms with Gasteiger partial charge < -0.3 is 4.90 Å². The monoisotopic (exact) mass is 165 g/mol. The van der Waals surface area contributed by atoms with Crippen molar-refractivity contribution >= 4 is 0 Å². The first-order chi connectivity index (χ1) is 5.70. The fraction of sp³-hybridized carbons (Fsp3) is 1.00. The molecule has 0 amide bonds. The Morgan fingerprint density at radius 1 is 1.33 bits per heavy atom. The minimum absolute atomic E-state index is 0.720. The van der Waals surface area contributed by atoms with Gasteiger partial charge in [-0.05, 0) is 49.5 Å². The van der Waals surface area contributed by atoms with E-state index in [1.807, 2.05) is 0 Å². The van der Waals surface area contributed by atoms with E-state index in [9.17, 15) is 0 Å². The number of rotatable bonds is 0. The highest BCUT2D eigenvalue weighted by molar-refractivity contribution is 5.08. The van der Waals surface area contributed by atoms with Crippen molar-refractivity contribution in [3.05, 3.63) is 0 Å². The van der Waals surface area contributed by atoms with Gasteiger partial charge in [0.25, 0.3) is 0 Å². The van der Waals surface area contributed by atoms with Crippen LogP contribution < -0.4 is 0 Å². The molecule has 1 nitrogen and oxygen atoms in total. The van der Waals surface area contributed by atoms with Gasteiger partial charge in [0.15, 0.2) is 0 Å². The lowest BCUT2D eigenvalue weighted by Crippen LogP contribution is -2.32. The summed E-state index contributed by atoms with van der Waals surface area (Å²) in [5, 5.41) is 0. The molecule has 0 radical (unpaired) electrons. The Balaban J connectivity index is 1.96. The molecular formula is C11H19N. The normalized spacial score (nSPS) is 58.0. The van der Waals surface area contributed by atoms with E-state index in [2.05, 4.69) is 18.9 Å². The molecule has 68 valence electrons. The maximum absolute atomic E-state index is 2.55. The summed E-state index contributed by atoms with van der Waals surface area (Å²) in [6.45, 7) is 5.31. The molecule has 0 aromatic heterocycles. The second-order valence-corrected chi connectivity index (χ2v) is 5.58. The lowest BCUT2D eigenvalue weighted by molar-refractivity contribution is 0.153. The standard InChI is InChI=1S/C11H19N/c1-11-7-12(2)6-10(11)8-3-4-9(11)5-8/h8-10H,3-7H2,1-2H3. The maximum atomic E-state index is 2.55. The highest BCUT2D eigenvalue weighted by Crippen LogP contribution is 2.61. The Kier molecular flexibility index (Phi) is 1.27. The van der Waals surface area contributed by atoms with E-state index in [1.165, 1.54) is 19.5 Å². The molecule has 1 heterocycles. The first-order valence-corrected chi connectivity index (χ1v) is 5.39. The van der Waals surface area contributed by atoms with Crippen molar-refractivity contribution in [2.24, 2.45) is 23.2 Å². The predicted molar refractivity (Wildman–Crippen MR) is 49.9 cm³/mol. The Labute approximate surface area is 75.1 Å². The van der Waals surface area contributed by atoms with Gasteiger partial charge in [0.2, 0.25) is 0 Å². The molecule has 2 aliphatic carbocycles. The predicted octanol–water partition coefficient (Wildman–Crippen LogP) is 1.98. The van der Waals surface area contributed by atoms with Crippen LogP contribution in [0.5, 0.6) is 0 Å². The van der Waals surface area contributed by atoms with Gasteiger partial charge in [-0.1, -0.05) is 6.92 Å². The molecule has 0 N–H and O–H groups in total. The topological polar surface area (TPSA) is 3.24 Å². The summed E-state index contributed by atoms with van der Waals surface area (Å²) in [5.74, 6) is 3.24. The quantitative estimate of drug-likeness (QED) is 0.530. The summed E-state index contributed by atoms with van der Waals surface area (Å²) in [6, 6.07) is 0. The Morgan fingerprint density at radius 3 is 2.92 bits per heavy atom.